The smallest absolute Gasteiger partial charge is 0.206 e. The molecule has 16 heavy (non-hydrogen) atoms. The van der Waals surface area contributed by atoms with Gasteiger partial charge < -0.3 is 0 Å². The Morgan fingerprint density at radius 1 is 1.44 bits per heavy atom. The van der Waals surface area contributed by atoms with Crippen LogP contribution in [0.25, 0.3) is 5.13 Å². The largest absolute Gasteiger partial charge is 0.252 e. The summed E-state index contributed by atoms with van der Waals surface area (Å²) in [5.41, 5.74) is -0.0899. The Labute approximate surface area is 96.8 Å². The molecule has 0 aliphatic rings. The molecule has 0 aliphatic carbocycles. The van der Waals surface area contributed by atoms with Gasteiger partial charge in [0, 0.05) is 16.9 Å². The van der Waals surface area contributed by atoms with Crippen LogP contribution in [0.1, 0.15) is 32.4 Å². The molecule has 2 heterocycles. The van der Waals surface area contributed by atoms with Crippen LogP contribution in [-0.2, 0) is 5.41 Å². The Balaban J connectivity index is 2.36. The van der Waals surface area contributed by atoms with Crippen molar-refractivity contribution in [2.45, 2.75) is 26.2 Å². The molecule has 82 valence electrons. The van der Waals surface area contributed by atoms with E-state index in [1.54, 1.807) is 0 Å². The van der Waals surface area contributed by atoms with Crippen molar-refractivity contribution in [1.82, 2.24) is 24.1 Å². The second-order valence-corrected chi connectivity index (χ2v) is 5.01. The van der Waals surface area contributed by atoms with Gasteiger partial charge in [0.15, 0.2) is 0 Å². The van der Waals surface area contributed by atoms with Crippen molar-refractivity contribution in [1.29, 1.82) is 5.26 Å². The van der Waals surface area contributed by atoms with Crippen molar-refractivity contribution in [3.05, 3.63) is 18.0 Å². The summed E-state index contributed by atoms with van der Waals surface area (Å²) in [5.74, 6) is 0.897. The fourth-order valence-electron chi connectivity index (χ4n) is 1.02. The zero-order valence-electron chi connectivity index (χ0n) is 9.17. The summed E-state index contributed by atoms with van der Waals surface area (Å²) in [6.45, 7) is 6.13. The molecule has 0 aliphatic heterocycles. The lowest BCUT2D eigenvalue weighted by Crippen LogP contribution is -2.13. The van der Waals surface area contributed by atoms with Crippen LogP contribution >= 0.6 is 11.5 Å². The standard InChI is InChI=1S/C9H10N6S/c1-9(2,3)7-12-8(16-14-7)15-5-11-6(4-10)13-15/h5H,1-3H3. The SMILES string of the molecule is CC(C)(C)c1nsc(-n2cnc(C#N)n2)n1. The lowest BCUT2D eigenvalue weighted by molar-refractivity contribution is 0.553. The van der Waals surface area contributed by atoms with Gasteiger partial charge in [0.2, 0.25) is 5.13 Å². The van der Waals surface area contributed by atoms with Gasteiger partial charge in [-0.1, -0.05) is 20.8 Å². The molecular formula is C9H10N6S. The molecule has 0 saturated heterocycles. The van der Waals surface area contributed by atoms with Crippen LogP contribution in [0.2, 0.25) is 0 Å². The highest BCUT2D eigenvalue weighted by molar-refractivity contribution is 7.08. The lowest BCUT2D eigenvalue weighted by Gasteiger charge is -2.11. The van der Waals surface area contributed by atoms with Crippen LogP contribution < -0.4 is 0 Å². The van der Waals surface area contributed by atoms with E-state index >= 15 is 0 Å². The Hall–Kier alpha value is -1.81. The van der Waals surface area contributed by atoms with Crippen molar-refractivity contribution < 1.29 is 0 Å². The number of hydrogen-bond acceptors (Lipinski definition) is 6. The Morgan fingerprint density at radius 2 is 2.19 bits per heavy atom. The van der Waals surface area contributed by atoms with Gasteiger partial charge in [0.25, 0.3) is 5.82 Å². The molecule has 0 unspecified atom stereocenters. The van der Waals surface area contributed by atoms with Gasteiger partial charge in [-0.3, -0.25) is 0 Å². The summed E-state index contributed by atoms with van der Waals surface area (Å²) in [4.78, 5) is 8.17. The highest BCUT2D eigenvalue weighted by Gasteiger charge is 2.20. The molecule has 2 rings (SSSR count). The zero-order valence-corrected chi connectivity index (χ0v) is 9.99. The molecule has 0 aromatic carbocycles. The maximum Gasteiger partial charge on any atom is 0.252 e. The van der Waals surface area contributed by atoms with E-state index in [1.807, 2.05) is 26.8 Å². The summed E-state index contributed by atoms with van der Waals surface area (Å²) in [5, 5.41) is 13.2. The fourth-order valence-corrected chi connectivity index (χ4v) is 1.80. The molecule has 0 bridgehead atoms. The monoisotopic (exact) mass is 234 g/mol. The second kappa shape index (κ2) is 3.64. The van der Waals surface area contributed by atoms with Gasteiger partial charge in [-0.2, -0.15) is 14.3 Å². The summed E-state index contributed by atoms with van der Waals surface area (Å²) in [7, 11) is 0. The summed E-state index contributed by atoms with van der Waals surface area (Å²) in [6.07, 6.45) is 1.46. The summed E-state index contributed by atoms with van der Waals surface area (Å²) < 4.78 is 5.72. The molecule has 0 spiro atoms. The van der Waals surface area contributed by atoms with E-state index in [4.69, 9.17) is 5.26 Å². The Kier molecular flexibility index (Phi) is 2.44. The molecular weight excluding hydrogens is 224 g/mol. The molecule has 0 radical (unpaired) electrons. The molecule has 0 saturated carbocycles. The van der Waals surface area contributed by atoms with E-state index in [0.717, 1.165) is 5.82 Å². The number of aromatic nitrogens is 5. The van der Waals surface area contributed by atoms with Crippen LogP contribution in [0.3, 0.4) is 0 Å². The number of rotatable bonds is 1. The maximum atomic E-state index is 8.61. The minimum absolute atomic E-state index is 0.0899. The third-order valence-electron chi connectivity index (χ3n) is 1.87. The highest BCUT2D eigenvalue weighted by atomic mass is 32.1. The van der Waals surface area contributed by atoms with E-state index in [9.17, 15) is 0 Å². The summed E-state index contributed by atoms with van der Waals surface area (Å²) in [6, 6.07) is 1.87. The number of hydrogen-bond donors (Lipinski definition) is 0. The molecule has 6 nitrogen and oxygen atoms in total. The van der Waals surface area contributed by atoms with E-state index in [0.29, 0.717) is 5.13 Å². The molecule has 7 heteroatoms. The quantitative estimate of drug-likeness (QED) is 0.742. The average molecular weight is 234 g/mol. The van der Waals surface area contributed by atoms with Crippen LogP contribution in [0.5, 0.6) is 0 Å². The van der Waals surface area contributed by atoms with Gasteiger partial charge in [-0.25, -0.2) is 9.97 Å². The van der Waals surface area contributed by atoms with E-state index in [2.05, 4.69) is 19.4 Å². The average Bonchev–Trinajstić information content (AvgIpc) is 2.85. The van der Waals surface area contributed by atoms with Crippen molar-refractivity contribution >= 4 is 11.5 Å². The van der Waals surface area contributed by atoms with Gasteiger partial charge >= 0.3 is 0 Å². The zero-order chi connectivity index (χ0) is 11.8. The lowest BCUT2D eigenvalue weighted by atomic mass is 9.96. The van der Waals surface area contributed by atoms with Crippen molar-refractivity contribution in [3.63, 3.8) is 0 Å². The van der Waals surface area contributed by atoms with Crippen molar-refractivity contribution in [2.75, 3.05) is 0 Å². The molecule has 0 atom stereocenters. The predicted molar refractivity (Wildman–Crippen MR) is 58.2 cm³/mol. The maximum absolute atomic E-state index is 8.61. The highest BCUT2D eigenvalue weighted by Crippen LogP contribution is 2.21. The second-order valence-electron chi connectivity index (χ2n) is 4.28. The molecule has 0 amide bonds. The first kappa shape index (κ1) is 10.7. The number of nitriles is 1. The van der Waals surface area contributed by atoms with Gasteiger partial charge in [0.05, 0.1) is 0 Å². The van der Waals surface area contributed by atoms with E-state index in [1.165, 1.54) is 22.5 Å². The van der Waals surface area contributed by atoms with Crippen LogP contribution in [0.4, 0.5) is 0 Å². The number of nitrogens with zero attached hydrogens (tertiary/aromatic N) is 6. The van der Waals surface area contributed by atoms with E-state index in [-0.39, 0.29) is 11.2 Å². The normalized spacial score (nSPS) is 11.4. The predicted octanol–water partition coefficient (Wildman–Crippen LogP) is 1.29. The first-order valence-corrected chi connectivity index (χ1v) is 5.44. The first-order chi connectivity index (χ1) is 7.50. The van der Waals surface area contributed by atoms with Crippen molar-refractivity contribution in [2.24, 2.45) is 0 Å². The van der Waals surface area contributed by atoms with Crippen LogP contribution in [0, 0.1) is 11.3 Å². The molecule has 0 fully saturated rings. The third-order valence-corrected chi connectivity index (χ3v) is 2.58. The van der Waals surface area contributed by atoms with Crippen molar-refractivity contribution in [3.8, 4) is 11.2 Å². The van der Waals surface area contributed by atoms with Crippen LogP contribution in [-0.4, -0.2) is 24.1 Å². The van der Waals surface area contributed by atoms with Crippen LogP contribution in [0.15, 0.2) is 6.33 Å². The molecule has 0 N–H and O–H groups in total. The summed E-state index contributed by atoms with van der Waals surface area (Å²) >= 11 is 1.24. The van der Waals surface area contributed by atoms with E-state index < -0.39 is 0 Å². The Morgan fingerprint density at radius 3 is 2.69 bits per heavy atom. The minimum atomic E-state index is -0.0899. The fraction of sp³-hybridized carbons (Fsp3) is 0.444. The first-order valence-electron chi connectivity index (χ1n) is 4.67. The van der Waals surface area contributed by atoms with Gasteiger partial charge in [0.1, 0.15) is 18.2 Å². The minimum Gasteiger partial charge on any atom is -0.206 e. The third kappa shape index (κ3) is 1.92. The Bertz CT molecular complexity index is 541. The molecule has 2 aromatic rings. The topological polar surface area (TPSA) is 80.3 Å². The van der Waals surface area contributed by atoms with Gasteiger partial charge in [-0.05, 0) is 0 Å². The molecule has 2 aromatic heterocycles. The van der Waals surface area contributed by atoms with Gasteiger partial charge in [-0.15, -0.1) is 5.10 Å².